The summed E-state index contributed by atoms with van der Waals surface area (Å²) in [5.74, 6) is 1.12. The monoisotopic (exact) mass is 313 g/mol. The number of nitrogens with zero attached hydrogens (tertiary/aromatic N) is 2. The van der Waals surface area contributed by atoms with Crippen LogP contribution in [0.25, 0.3) is 0 Å². The lowest BCUT2D eigenvalue weighted by atomic mass is 10.3. The molecule has 1 N–H and O–H groups in total. The van der Waals surface area contributed by atoms with E-state index >= 15 is 0 Å². The van der Waals surface area contributed by atoms with E-state index in [0.717, 1.165) is 10.2 Å². The maximum absolute atomic E-state index is 5.93. The van der Waals surface area contributed by atoms with Crippen LogP contribution < -0.4 is 10.1 Å². The largest absolute Gasteiger partial charge is 0.495 e. The highest BCUT2D eigenvalue weighted by Gasteiger charge is 2.03. The second-order valence-electron chi connectivity index (χ2n) is 3.20. The Balaban J connectivity index is 2.21. The fraction of sp³-hybridized carbons (Fsp3) is 0.0909. The molecule has 0 aliphatic heterocycles. The third-order valence-corrected chi connectivity index (χ3v) is 2.75. The molecule has 2 rings (SSSR count). The minimum atomic E-state index is 0.512. The zero-order valence-electron chi connectivity index (χ0n) is 8.95. The molecule has 0 saturated carbocycles. The van der Waals surface area contributed by atoms with E-state index in [1.807, 2.05) is 6.07 Å². The van der Waals surface area contributed by atoms with Crippen molar-refractivity contribution in [2.45, 2.75) is 0 Å². The number of rotatable bonds is 3. The molecule has 0 fully saturated rings. The van der Waals surface area contributed by atoms with Crippen LogP contribution in [0.5, 0.6) is 5.75 Å². The lowest BCUT2D eigenvalue weighted by molar-refractivity contribution is 0.415. The van der Waals surface area contributed by atoms with E-state index in [2.05, 4.69) is 31.2 Å². The van der Waals surface area contributed by atoms with Gasteiger partial charge < -0.3 is 10.1 Å². The normalized spacial score (nSPS) is 10.1. The Morgan fingerprint density at radius 3 is 2.65 bits per heavy atom. The van der Waals surface area contributed by atoms with E-state index in [-0.39, 0.29) is 0 Å². The van der Waals surface area contributed by atoms with Crippen LogP contribution >= 0.6 is 27.5 Å². The zero-order valence-corrected chi connectivity index (χ0v) is 11.3. The van der Waals surface area contributed by atoms with Gasteiger partial charge in [-0.3, -0.25) is 0 Å². The Morgan fingerprint density at radius 2 is 2.00 bits per heavy atom. The molecule has 88 valence electrons. The van der Waals surface area contributed by atoms with Gasteiger partial charge in [-0.25, -0.2) is 9.97 Å². The number of methoxy groups -OCH3 is 1. The van der Waals surface area contributed by atoms with Gasteiger partial charge in [0, 0.05) is 24.1 Å². The Labute approximate surface area is 112 Å². The van der Waals surface area contributed by atoms with Gasteiger partial charge in [-0.2, -0.15) is 0 Å². The first-order valence-corrected chi connectivity index (χ1v) is 5.94. The summed E-state index contributed by atoms with van der Waals surface area (Å²) < 4.78 is 5.95. The van der Waals surface area contributed by atoms with Crippen molar-refractivity contribution in [2.24, 2.45) is 0 Å². The van der Waals surface area contributed by atoms with Crippen LogP contribution in [0.1, 0.15) is 0 Å². The van der Waals surface area contributed by atoms with Gasteiger partial charge in [-0.1, -0.05) is 11.6 Å². The maximum atomic E-state index is 5.93. The van der Waals surface area contributed by atoms with Crippen LogP contribution in [-0.2, 0) is 0 Å². The molecule has 4 nitrogen and oxygen atoms in total. The quantitative estimate of drug-likeness (QED) is 0.939. The first-order chi connectivity index (χ1) is 8.19. The molecule has 17 heavy (non-hydrogen) atoms. The summed E-state index contributed by atoms with van der Waals surface area (Å²) in [5, 5.41) is 3.62. The zero-order chi connectivity index (χ0) is 12.3. The first kappa shape index (κ1) is 12.1. The van der Waals surface area contributed by atoms with E-state index in [1.54, 1.807) is 31.6 Å². The molecule has 6 heteroatoms. The van der Waals surface area contributed by atoms with Gasteiger partial charge in [0.15, 0.2) is 0 Å². The summed E-state index contributed by atoms with van der Waals surface area (Å²) in [6, 6.07) is 5.37. The van der Waals surface area contributed by atoms with Crippen LogP contribution in [-0.4, -0.2) is 17.1 Å². The summed E-state index contributed by atoms with van der Waals surface area (Å²) in [4.78, 5) is 8.22. The molecular formula is C11H9BrClN3O. The third kappa shape index (κ3) is 3.08. The van der Waals surface area contributed by atoms with Crippen molar-refractivity contribution in [3.63, 3.8) is 0 Å². The number of nitrogens with one attached hydrogen (secondary N) is 1. The number of anilines is 2. The lowest BCUT2D eigenvalue weighted by Crippen LogP contribution is -1.96. The van der Waals surface area contributed by atoms with Crippen molar-refractivity contribution in [3.8, 4) is 5.75 Å². The van der Waals surface area contributed by atoms with Gasteiger partial charge in [-0.05, 0) is 28.1 Å². The minimum Gasteiger partial charge on any atom is -0.495 e. The number of halogens is 2. The van der Waals surface area contributed by atoms with Gasteiger partial charge in [0.05, 0.1) is 16.6 Å². The molecule has 0 saturated heterocycles. The molecule has 1 heterocycles. The van der Waals surface area contributed by atoms with Gasteiger partial charge in [0.2, 0.25) is 5.95 Å². The number of benzene rings is 1. The number of ether oxygens (including phenoxy) is 1. The van der Waals surface area contributed by atoms with Gasteiger partial charge in [0.25, 0.3) is 0 Å². The average Bonchev–Trinajstić information content (AvgIpc) is 2.34. The summed E-state index contributed by atoms with van der Waals surface area (Å²) in [7, 11) is 1.57. The topological polar surface area (TPSA) is 47.0 Å². The van der Waals surface area contributed by atoms with Crippen molar-refractivity contribution in [3.05, 3.63) is 40.1 Å². The molecular weight excluding hydrogens is 305 g/mol. The second-order valence-corrected chi connectivity index (χ2v) is 4.52. The second kappa shape index (κ2) is 5.33. The minimum absolute atomic E-state index is 0.512. The fourth-order valence-electron chi connectivity index (χ4n) is 1.24. The molecule has 0 aliphatic carbocycles. The van der Waals surface area contributed by atoms with Crippen molar-refractivity contribution < 1.29 is 4.74 Å². The highest BCUT2D eigenvalue weighted by Crippen LogP contribution is 2.28. The Hall–Kier alpha value is -1.33. The molecule has 1 aromatic heterocycles. The highest BCUT2D eigenvalue weighted by atomic mass is 79.9. The van der Waals surface area contributed by atoms with Crippen LogP contribution in [0.2, 0.25) is 5.02 Å². The van der Waals surface area contributed by atoms with E-state index in [9.17, 15) is 0 Å². The highest BCUT2D eigenvalue weighted by molar-refractivity contribution is 9.10. The van der Waals surface area contributed by atoms with Crippen LogP contribution in [0, 0.1) is 0 Å². The van der Waals surface area contributed by atoms with Crippen molar-refractivity contribution >= 4 is 39.2 Å². The molecule has 0 spiro atoms. The van der Waals surface area contributed by atoms with Crippen LogP contribution in [0.4, 0.5) is 11.6 Å². The molecule has 0 aliphatic rings. The van der Waals surface area contributed by atoms with Gasteiger partial charge in [0.1, 0.15) is 5.75 Å². The third-order valence-electron chi connectivity index (χ3n) is 2.03. The van der Waals surface area contributed by atoms with Gasteiger partial charge >= 0.3 is 0 Å². The molecule has 0 bridgehead atoms. The van der Waals surface area contributed by atoms with Crippen LogP contribution in [0.15, 0.2) is 35.1 Å². The molecule has 2 aromatic rings. The predicted octanol–water partition coefficient (Wildman–Crippen LogP) is 3.64. The van der Waals surface area contributed by atoms with Crippen LogP contribution in [0.3, 0.4) is 0 Å². The molecule has 0 amide bonds. The summed E-state index contributed by atoms with van der Waals surface area (Å²) in [5.41, 5.74) is 0.813. The molecule has 0 atom stereocenters. The lowest BCUT2D eigenvalue weighted by Gasteiger charge is -2.07. The molecule has 0 unspecified atom stereocenters. The standard InChI is InChI=1S/C11H9BrClN3O/c1-17-10-4-8(2-3-9(10)13)16-11-14-5-7(12)6-15-11/h2-6H,1H3,(H,14,15,16). The van der Waals surface area contributed by atoms with E-state index in [1.165, 1.54) is 0 Å². The van der Waals surface area contributed by atoms with E-state index in [0.29, 0.717) is 16.7 Å². The smallest absolute Gasteiger partial charge is 0.227 e. The average molecular weight is 315 g/mol. The maximum Gasteiger partial charge on any atom is 0.227 e. The van der Waals surface area contributed by atoms with E-state index in [4.69, 9.17) is 16.3 Å². The van der Waals surface area contributed by atoms with Crippen molar-refractivity contribution in [2.75, 3.05) is 12.4 Å². The summed E-state index contributed by atoms with van der Waals surface area (Å²) in [6.45, 7) is 0. The van der Waals surface area contributed by atoms with Crippen molar-refractivity contribution in [1.82, 2.24) is 9.97 Å². The summed E-state index contributed by atoms with van der Waals surface area (Å²) >= 11 is 9.20. The Kier molecular flexibility index (Phi) is 3.81. The number of hydrogen-bond donors (Lipinski definition) is 1. The number of hydrogen-bond acceptors (Lipinski definition) is 4. The Bertz CT molecular complexity index is 519. The fourth-order valence-corrected chi connectivity index (χ4v) is 1.64. The van der Waals surface area contributed by atoms with Gasteiger partial charge in [-0.15, -0.1) is 0 Å². The van der Waals surface area contributed by atoms with E-state index < -0.39 is 0 Å². The Morgan fingerprint density at radius 1 is 1.29 bits per heavy atom. The van der Waals surface area contributed by atoms with Crippen molar-refractivity contribution in [1.29, 1.82) is 0 Å². The summed E-state index contributed by atoms with van der Waals surface area (Å²) in [6.07, 6.45) is 3.34. The first-order valence-electron chi connectivity index (χ1n) is 4.77. The predicted molar refractivity (Wildman–Crippen MR) is 71.0 cm³/mol. The SMILES string of the molecule is COc1cc(Nc2ncc(Br)cn2)ccc1Cl. The molecule has 0 radical (unpaired) electrons. The molecule has 1 aromatic carbocycles. The number of aromatic nitrogens is 2.